The van der Waals surface area contributed by atoms with E-state index in [0.717, 1.165) is 11.3 Å². The van der Waals surface area contributed by atoms with Crippen molar-refractivity contribution >= 4 is 22.6 Å². The summed E-state index contributed by atoms with van der Waals surface area (Å²) in [5.74, 6) is 1.34. The van der Waals surface area contributed by atoms with Crippen molar-refractivity contribution in [2.75, 3.05) is 0 Å². The van der Waals surface area contributed by atoms with Gasteiger partial charge in [0.05, 0.1) is 12.7 Å². The van der Waals surface area contributed by atoms with E-state index in [2.05, 4.69) is 27.6 Å². The zero-order valence-electron chi connectivity index (χ0n) is 7.40. The molecule has 0 fully saturated rings. The van der Waals surface area contributed by atoms with Crippen LogP contribution in [0.5, 0.6) is 0 Å². The molecule has 2 aromatic rings. The summed E-state index contributed by atoms with van der Waals surface area (Å²) in [6.07, 6.45) is 1.70. The van der Waals surface area contributed by atoms with Crippen molar-refractivity contribution in [1.82, 2.24) is 4.98 Å². The molecule has 3 nitrogen and oxygen atoms in total. The lowest BCUT2D eigenvalue weighted by atomic mass is 10.2. The standard InChI is InChI=1S/C10H9IN2O/c11-8-3-1-2-7(4-8)9-6-13-10(5-12)14-9/h1-4,6H,5,12H2. The van der Waals surface area contributed by atoms with Gasteiger partial charge in [0.1, 0.15) is 0 Å². The summed E-state index contributed by atoms with van der Waals surface area (Å²) >= 11 is 2.26. The van der Waals surface area contributed by atoms with Gasteiger partial charge in [0.15, 0.2) is 5.76 Å². The third kappa shape index (κ3) is 1.96. The SMILES string of the molecule is NCc1ncc(-c2cccc(I)c2)o1. The Morgan fingerprint density at radius 2 is 2.29 bits per heavy atom. The Morgan fingerprint density at radius 1 is 1.43 bits per heavy atom. The van der Waals surface area contributed by atoms with E-state index in [9.17, 15) is 0 Å². The van der Waals surface area contributed by atoms with Gasteiger partial charge in [-0.2, -0.15) is 0 Å². The molecule has 0 saturated heterocycles. The zero-order chi connectivity index (χ0) is 9.97. The van der Waals surface area contributed by atoms with Gasteiger partial charge in [-0.25, -0.2) is 4.98 Å². The van der Waals surface area contributed by atoms with Crippen LogP contribution in [0, 0.1) is 3.57 Å². The molecule has 0 radical (unpaired) electrons. The van der Waals surface area contributed by atoms with Gasteiger partial charge in [-0.3, -0.25) is 0 Å². The molecular formula is C10H9IN2O. The highest BCUT2D eigenvalue weighted by Crippen LogP contribution is 2.21. The molecule has 2 rings (SSSR count). The third-order valence-electron chi connectivity index (χ3n) is 1.84. The smallest absolute Gasteiger partial charge is 0.208 e. The number of hydrogen-bond acceptors (Lipinski definition) is 3. The normalized spacial score (nSPS) is 10.4. The number of nitrogens with zero attached hydrogens (tertiary/aromatic N) is 1. The van der Waals surface area contributed by atoms with Crippen LogP contribution in [0.3, 0.4) is 0 Å². The largest absolute Gasteiger partial charge is 0.439 e. The van der Waals surface area contributed by atoms with Gasteiger partial charge in [0.25, 0.3) is 0 Å². The van der Waals surface area contributed by atoms with Crippen molar-refractivity contribution in [2.45, 2.75) is 6.54 Å². The molecule has 1 aromatic carbocycles. The second-order valence-corrected chi connectivity index (χ2v) is 4.08. The minimum atomic E-state index is 0.337. The minimum absolute atomic E-state index is 0.337. The molecule has 0 saturated carbocycles. The predicted molar refractivity (Wildman–Crippen MR) is 62.5 cm³/mol. The van der Waals surface area contributed by atoms with Crippen molar-refractivity contribution in [3.8, 4) is 11.3 Å². The average Bonchev–Trinajstić information content (AvgIpc) is 2.66. The summed E-state index contributed by atoms with van der Waals surface area (Å²) in [6.45, 7) is 0.337. The van der Waals surface area contributed by atoms with E-state index in [0.29, 0.717) is 12.4 Å². The predicted octanol–water partition coefficient (Wildman–Crippen LogP) is 2.40. The maximum absolute atomic E-state index is 5.43. The lowest BCUT2D eigenvalue weighted by molar-refractivity contribution is 0.509. The van der Waals surface area contributed by atoms with Gasteiger partial charge >= 0.3 is 0 Å². The molecule has 0 aliphatic rings. The summed E-state index contributed by atoms with van der Waals surface area (Å²) in [5.41, 5.74) is 6.44. The first kappa shape index (κ1) is 9.67. The van der Waals surface area contributed by atoms with Crippen LogP contribution in [0.2, 0.25) is 0 Å². The van der Waals surface area contributed by atoms with Crippen LogP contribution in [0.1, 0.15) is 5.89 Å². The van der Waals surface area contributed by atoms with Crippen molar-refractivity contribution in [2.24, 2.45) is 5.73 Å². The fraction of sp³-hybridized carbons (Fsp3) is 0.100. The minimum Gasteiger partial charge on any atom is -0.439 e. The molecule has 1 aromatic heterocycles. The maximum Gasteiger partial charge on any atom is 0.208 e. The van der Waals surface area contributed by atoms with Crippen LogP contribution >= 0.6 is 22.6 Å². The van der Waals surface area contributed by atoms with E-state index < -0.39 is 0 Å². The lowest BCUT2D eigenvalue weighted by Crippen LogP contribution is -1.94. The molecule has 0 unspecified atom stereocenters. The Hall–Kier alpha value is -0.880. The molecular weight excluding hydrogens is 291 g/mol. The molecule has 0 amide bonds. The number of rotatable bonds is 2. The Bertz CT molecular complexity index is 439. The van der Waals surface area contributed by atoms with Crippen LogP contribution in [0.15, 0.2) is 34.9 Å². The number of halogens is 1. The van der Waals surface area contributed by atoms with Gasteiger partial charge in [0, 0.05) is 9.13 Å². The number of hydrogen-bond donors (Lipinski definition) is 1. The number of oxazole rings is 1. The van der Waals surface area contributed by atoms with Gasteiger partial charge in [0.2, 0.25) is 5.89 Å². The van der Waals surface area contributed by atoms with Crippen molar-refractivity contribution in [3.05, 3.63) is 39.9 Å². The van der Waals surface area contributed by atoms with E-state index in [1.54, 1.807) is 6.20 Å². The molecule has 0 atom stereocenters. The summed E-state index contributed by atoms with van der Waals surface area (Å²) < 4.78 is 6.61. The number of benzene rings is 1. The van der Waals surface area contributed by atoms with Gasteiger partial charge in [-0.15, -0.1) is 0 Å². The molecule has 1 heterocycles. The zero-order valence-corrected chi connectivity index (χ0v) is 9.56. The average molecular weight is 300 g/mol. The monoisotopic (exact) mass is 300 g/mol. The first-order chi connectivity index (χ1) is 6.79. The Balaban J connectivity index is 2.39. The van der Waals surface area contributed by atoms with E-state index in [1.165, 1.54) is 3.57 Å². The first-order valence-electron chi connectivity index (χ1n) is 4.20. The van der Waals surface area contributed by atoms with E-state index in [1.807, 2.05) is 24.3 Å². The fourth-order valence-electron chi connectivity index (χ4n) is 1.18. The molecule has 0 spiro atoms. The van der Waals surface area contributed by atoms with Gasteiger partial charge < -0.3 is 10.2 Å². The van der Waals surface area contributed by atoms with Crippen LogP contribution in [0.25, 0.3) is 11.3 Å². The fourth-order valence-corrected chi connectivity index (χ4v) is 1.72. The highest BCUT2D eigenvalue weighted by molar-refractivity contribution is 14.1. The van der Waals surface area contributed by atoms with Crippen LogP contribution in [-0.2, 0) is 6.54 Å². The number of aromatic nitrogens is 1. The first-order valence-corrected chi connectivity index (χ1v) is 5.28. The molecule has 4 heteroatoms. The van der Waals surface area contributed by atoms with E-state index in [-0.39, 0.29) is 0 Å². The molecule has 14 heavy (non-hydrogen) atoms. The second-order valence-electron chi connectivity index (χ2n) is 2.83. The third-order valence-corrected chi connectivity index (χ3v) is 2.51. The van der Waals surface area contributed by atoms with Crippen molar-refractivity contribution in [1.29, 1.82) is 0 Å². The molecule has 0 aliphatic heterocycles. The quantitative estimate of drug-likeness (QED) is 0.867. The van der Waals surface area contributed by atoms with Crippen LogP contribution < -0.4 is 5.73 Å². The van der Waals surface area contributed by atoms with Crippen molar-refractivity contribution < 1.29 is 4.42 Å². The summed E-state index contributed by atoms with van der Waals surface area (Å²) in [6, 6.07) is 8.05. The van der Waals surface area contributed by atoms with E-state index in [4.69, 9.17) is 10.2 Å². The molecule has 0 aliphatic carbocycles. The van der Waals surface area contributed by atoms with Crippen LogP contribution in [-0.4, -0.2) is 4.98 Å². The van der Waals surface area contributed by atoms with Gasteiger partial charge in [-0.05, 0) is 34.7 Å². The molecule has 72 valence electrons. The highest BCUT2D eigenvalue weighted by Gasteiger charge is 2.04. The highest BCUT2D eigenvalue weighted by atomic mass is 127. The Kier molecular flexibility index (Phi) is 2.83. The van der Waals surface area contributed by atoms with Crippen LogP contribution in [0.4, 0.5) is 0 Å². The summed E-state index contributed by atoms with van der Waals surface area (Å²) in [7, 11) is 0. The Morgan fingerprint density at radius 3 is 2.93 bits per heavy atom. The lowest BCUT2D eigenvalue weighted by Gasteiger charge is -1.96. The second kappa shape index (κ2) is 4.10. The topological polar surface area (TPSA) is 52.0 Å². The number of nitrogens with two attached hydrogens (primary N) is 1. The van der Waals surface area contributed by atoms with Crippen molar-refractivity contribution in [3.63, 3.8) is 0 Å². The maximum atomic E-state index is 5.43. The summed E-state index contributed by atoms with van der Waals surface area (Å²) in [4.78, 5) is 4.05. The van der Waals surface area contributed by atoms with Gasteiger partial charge in [-0.1, -0.05) is 12.1 Å². The molecule has 2 N–H and O–H groups in total. The molecule has 0 bridgehead atoms. The van der Waals surface area contributed by atoms with E-state index >= 15 is 0 Å². The Labute approximate surface area is 95.5 Å². The summed E-state index contributed by atoms with van der Waals surface area (Å²) in [5, 5.41) is 0.